The van der Waals surface area contributed by atoms with Gasteiger partial charge in [-0.3, -0.25) is 9.59 Å². The van der Waals surface area contributed by atoms with E-state index in [1.54, 1.807) is 18.2 Å². The molecule has 0 unspecified atom stereocenters. The summed E-state index contributed by atoms with van der Waals surface area (Å²) in [6.45, 7) is 6.58. The van der Waals surface area contributed by atoms with Gasteiger partial charge in [-0.05, 0) is 36.2 Å². The summed E-state index contributed by atoms with van der Waals surface area (Å²) in [5, 5.41) is 0. The van der Waals surface area contributed by atoms with Gasteiger partial charge < -0.3 is 4.74 Å². The van der Waals surface area contributed by atoms with E-state index in [1.807, 2.05) is 54.6 Å². The van der Waals surface area contributed by atoms with E-state index in [2.05, 4.69) is 20.8 Å². The first kappa shape index (κ1) is 22.0. The molecule has 0 N–H and O–H groups in total. The number of hydrogen-bond donors (Lipinski definition) is 0. The minimum Gasteiger partial charge on any atom is -0.461 e. The molecule has 1 aliphatic rings. The maximum absolute atomic E-state index is 13.2. The Morgan fingerprint density at radius 3 is 2.23 bits per heavy atom. The first-order chi connectivity index (χ1) is 14.5. The van der Waals surface area contributed by atoms with Crippen molar-refractivity contribution in [1.29, 1.82) is 0 Å². The summed E-state index contributed by atoms with van der Waals surface area (Å²) in [4.78, 5) is 26.4. The summed E-state index contributed by atoms with van der Waals surface area (Å²) >= 11 is 0. The summed E-state index contributed by atoms with van der Waals surface area (Å²) in [6.07, 6.45) is 6.48. The Morgan fingerprint density at radius 2 is 1.60 bits per heavy atom. The van der Waals surface area contributed by atoms with Crippen molar-refractivity contribution in [3.63, 3.8) is 0 Å². The van der Waals surface area contributed by atoms with E-state index in [4.69, 9.17) is 4.74 Å². The van der Waals surface area contributed by atoms with Crippen molar-refractivity contribution in [3.8, 4) is 0 Å². The van der Waals surface area contributed by atoms with Crippen LogP contribution in [0.5, 0.6) is 0 Å². The molecule has 3 nitrogen and oxygen atoms in total. The lowest BCUT2D eigenvalue weighted by atomic mass is 9.75. The number of Topliss-reactive ketones (excluding diaryl/α,β-unsaturated/α-hetero) is 1. The van der Waals surface area contributed by atoms with Gasteiger partial charge in [0.25, 0.3) is 0 Å². The molecular weight excluding hydrogens is 372 g/mol. The lowest BCUT2D eigenvalue weighted by molar-refractivity contribution is -0.157. The molecule has 0 spiro atoms. The van der Waals surface area contributed by atoms with Crippen LogP contribution in [-0.2, 0) is 9.53 Å². The monoisotopic (exact) mass is 404 g/mol. The van der Waals surface area contributed by atoms with Gasteiger partial charge in [-0.2, -0.15) is 0 Å². The molecule has 1 aliphatic carbocycles. The molecule has 0 radical (unpaired) electrons. The fourth-order valence-electron chi connectivity index (χ4n) is 4.30. The average molecular weight is 405 g/mol. The molecule has 1 fully saturated rings. The van der Waals surface area contributed by atoms with Crippen molar-refractivity contribution >= 4 is 17.8 Å². The van der Waals surface area contributed by atoms with Crippen molar-refractivity contribution < 1.29 is 14.3 Å². The third-order valence-electron chi connectivity index (χ3n) is 6.10. The Balaban J connectivity index is 1.84. The summed E-state index contributed by atoms with van der Waals surface area (Å²) < 4.78 is 6.02. The van der Waals surface area contributed by atoms with Crippen LogP contribution in [0.15, 0.2) is 66.7 Å². The lowest BCUT2D eigenvalue weighted by Crippen LogP contribution is -2.38. The topological polar surface area (TPSA) is 43.4 Å². The van der Waals surface area contributed by atoms with E-state index in [0.717, 1.165) is 24.8 Å². The van der Waals surface area contributed by atoms with Crippen molar-refractivity contribution in [3.05, 3.63) is 77.9 Å². The molecule has 30 heavy (non-hydrogen) atoms. The lowest BCUT2D eigenvalue weighted by Gasteiger charge is -2.37. The molecular formula is C27H32O3. The van der Waals surface area contributed by atoms with Crippen molar-refractivity contribution in [2.45, 2.75) is 46.1 Å². The highest BCUT2D eigenvalue weighted by Gasteiger charge is 2.36. The number of carbonyl (C=O) groups excluding carboxylic acids is 2. The highest BCUT2D eigenvalue weighted by Crippen LogP contribution is 2.36. The van der Waals surface area contributed by atoms with E-state index >= 15 is 0 Å². The molecule has 1 saturated carbocycles. The van der Waals surface area contributed by atoms with Crippen LogP contribution in [-0.4, -0.2) is 17.9 Å². The first-order valence-corrected chi connectivity index (χ1v) is 11.0. The molecule has 0 amide bonds. The number of benzene rings is 2. The van der Waals surface area contributed by atoms with Crippen molar-refractivity contribution in [2.24, 2.45) is 23.7 Å². The number of hydrogen-bond acceptors (Lipinski definition) is 3. The van der Waals surface area contributed by atoms with E-state index in [9.17, 15) is 9.59 Å². The average Bonchev–Trinajstić information content (AvgIpc) is 2.75. The number of esters is 1. The van der Waals surface area contributed by atoms with Gasteiger partial charge in [-0.1, -0.05) is 100 Å². The van der Waals surface area contributed by atoms with E-state index in [0.29, 0.717) is 23.3 Å². The maximum Gasteiger partial charge on any atom is 0.321 e. The van der Waals surface area contributed by atoms with Crippen molar-refractivity contribution in [2.75, 3.05) is 0 Å². The zero-order valence-corrected chi connectivity index (χ0v) is 18.2. The zero-order chi connectivity index (χ0) is 21.5. The Hall–Kier alpha value is -2.68. The summed E-state index contributed by atoms with van der Waals surface area (Å²) in [7, 11) is 0. The summed E-state index contributed by atoms with van der Waals surface area (Å²) in [5.41, 5.74) is 1.47. The number of ether oxygens (including phenoxy) is 1. The zero-order valence-electron chi connectivity index (χ0n) is 18.2. The van der Waals surface area contributed by atoms with E-state index in [1.165, 1.54) is 0 Å². The highest BCUT2D eigenvalue weighted by atomic mass is 16.5. The minimum atomic E-state index is -0.947. The van der Waals surface area contributed by atoms with Gasteiger partial charge in [-0.15, -0.1) is 0 Å². The third-order valence-corrected chi connectivity index (χ3v) is 6.10. The first-order valence-electron chi connectivity index (χ1n) is 11.0. The quantitative estimate of drug-likeness (QED) is 0.313. The van der Waals surface area contributed by atoms with Gasteiger partial charge >= 0.3 is 5.97 Å². The number of ketones is 1. The fourth-order valence-corrected chi connectivity index (χ4v) is 4.30. The summed E-state index contributed by atoms with van der Waals surface area (Å²) in [5.74, 6) is -0.300. The van der Waals surface area contributed by atoms with Gasteiger partial charge in [-0.25, -0.2) is 0 Å². The minimum absolute atomic E-state index is 0.127. The van der Waals surface area contributed by atoms with Crippen LogP contribution in [0.25, 0.3) is 6.08 Å². The third kappa shape index (κ3) is 5.69. The Morgan fingerprint density at radius 1 is 0.967 bits per heavy atom. The molecule has 2 aromatic rings. The predicted molar refractivity (Wildman–Crippen MR) is 121 cm³/mol. The van der Waals surface area contributed by atoms with Crippen LogP contribution in [0, 0.1) is 23.7 Å². The highest BCUT2D eigenvalue weighted by molar-refractivity contribution is 6.10. The van der Waals surface area contributed by atoms with Crippen LogP contribution in [0.2, 0.25) is 0 Å². The molecule has 3 heteroatoms. The molecule has 4 atom stereocenters. The van der Waals surface area contributed by atoms with Crippen LogP contribution in [0.1, 0.15) is 56.0 Å². The summed E-state index contributed by atoms with van der Waals surface area (Å²) in [6, 6.07) is 18.7. The number of rotatable bonds is 7. The molecule has 0 aliphatic heterocycles. The van der Waals surface area contributed by atoms with Gasteiger partial charge in [0.15, 0.2) is 5.78 Å². The molecule has 0 saturated heterocycles. The van der Waals surface area contributed by atoms with Gasteiger partial charge in [0, 0.05) is 5.56 Å². The smallest absolute Gasteiger partial charge is 0.321 e. The van der Waals surface area contributed by atoms with Crippen LogP contribution in [0.4, 0.5) is 0 Å². The Labute approximate surface area is 180 Å². The maximum atomic E-state index is 13.2. The SMILES string of the molecule is CC(C)[C@H]1CC[C@@H](C)C[C@H]1OC(=O)[C@@H](/C=C/c1ccccc1)C(=O)c1ccccc1. The number of carbonyl (C=O) groups is 2. The van der Waals surface area contributed by atoms with Gasteiger partial charge in [0.2, 0.25) is 0 Å². The van der Waals surface area contributed by atoms with Gasteiger partial charge in [0.05, 0.1) is 0 Å². The van der Waals surface area contributed by atoms with Gasteiger partial charge in [0.1, 0.15) is 12.0 Å². The molecule has 158 valence electrons. The second kappa shape index (κ2) is 10.4. The predicted octanol–water partition coefficient (Wildman–Crippen LogP) is 6.20. The molecule has 2 aromatic carbocycles. The van der Waals surface area contributed by atoms with Crippen LogP contribution in [0.3, 0.4) is 0 Å². The molecule has 0 aromatic heterocycles. The standard InChI is InChI=1S/C27H32O3/c1-19(2)23-16-14-20(3)18-25(23)30-27(29)24(17-15-21-10-6-4-7-11-21)26(28)22-12-8-5-9-13-22/h4-13,15,17,19-20,23-25H,14,16,18H2,1-3H3/b17-15+/t20-,23-,24+,25-/m1/s1. The molecule has 0 heterocycles. The Bertz CT molecular complexity index is 854. The van der Waals surface area contributed by atoms with Crippen LogP contribution < -0.4 is 0 Å². The second-order valence-electron chi connectivity index (χ2n) is 8.78. The van der Waals surface area contributed by atoms with Crippen LogP contribution >= 0.6 is 0 Å². The molecule has 3 rings (SSSR count). The van der Waals surface area contributed by atoms with Crippen molar-refractivity contribution in [1.82, 2.24) is 0 Å². The molecule has 0 bridgehead atoms. The van der Waals surface area contributed by atoms with E-state index in [-0.39, 0.29) is 11.9 Å². The fraction of sp³-hybridized carbons (Fsp3) is 0.407. The van der Waals surface area contributed by atoms with E-state index < -0.39 is 11.9 Å². The Kier molecular flexibility index (Phi) is 7.62. The second-order valence-corrected chi connectivity index (χ2v) is 8.78. The normalized spacial score (nSPS) is 22.7. The largest absolute Gasteiger partial charge is 0.461 e.